The normalized spacial score (nSPS) is 10.5. The maximum Gasteiger partial charge on any atom is 0.202 e. The molecule has 1 aromatic carbocycles. The summed E-state index contributed by atoms with van der Waals surface area (Å²) in [7, 11) is 0. The van der Waals surface area contributed by atoms with Crippen molar-refractivity contribution in [1.29, 1.82) is 0 Å². The van der Waals surface area contributed by atoms with Gasteiger partial charge in [-0.3, -0.25) is 4.79 Å². The molecule has 67 valence electrons. The fourth-order valence-electron chi connectivity index (χ4n) is 1.12. The highest BCUT2D eigenvalue weighted by Crippen LogP contribution is 2.09. The lowest BCUT2D eigenvalue weighted by Gasteiger charge is -2.00. The Balaban J connectivity index is 2.80. The zero-order valence-electron chi connectivity index (χ0n) is 7.36. The van der Waals surface area contributed by atoms with E-state index in [1.807, 2.05) is 36.6 Å². The van der Waals surface area contributed by atoms with Gasteiger partial charge < -0.3 is 5.73 Å². The van der Waals surface area contributed by atoms with E-state index >= 15 is 0 Å². The lowest BCUT2D eigenvalue weighted by molar-refractivity contribution is 0.556. The molecule has 2 nitrogen and oxygen atoms in total. The van der Waals surface area contributed by atoms with Crippen molar-refractivity contribution in [3.05, 3.63) is 41.5 Å². The number of rotatable bonds is 4. The van der Waals surface area contributed by atoms with Gasteiger partial charge in [-0.25, -0.2) is 0 Å². The highest BCUT2D eigenvalue weighted by Gasteiger charge is 1.93. The van der Waals surface area contributed by atoms with Crippen molar-refractivity contribution in [3.8, 4) is 0 Å². The van der Waals surface area contributed by atoms with E-state index in [-0.39, 0.29) is 0 Å². The molecule has 0 saturated carbocycles. The number of hydrogen-bond acceptors (Lipinski definition) is 2. The molecule has 1 radical (unpaired) electrons. The van der Waals surface area contributed by atoms with Gasteiger partial charge in [0.05, 0.1) is 0 Å². The number of nitrogens with two attached hydrogens (primary N) is 1. The predicted molar refractivity (Wildman–Crippen MR) is 53.7 cm³/mol. The Kier molecular flexibility index (Phi) is 3.93. The summed E-state index contributed by atoms with van der Waals surface area (Å²) in [6.45, 7) is 0.519. The van der Waals surface area contributed by atoms with Gasteiger partial charge in [0.25, 0.3) is 0 Å². The summed E-state index contributed by atoms with van der Waals surface area (Å²) in [5.41, 5.74) is 7.70. The molecule has 0 bridgehead atoms. The van der Waals surface area contributed by atoms with Crippen LogP contribution >= 0.6 is 0 Å². The molecule has 0 aliphatic carbocycles. The molecule has 2 heteroatoms. The molecule has 0 amide bonds. The smallest absolute Gasteiger partial charge is 0.202 e. The Morgan fingerprint density at radius 1 is 1.38 bits per heavy atom. The van der Waals surface area contributed by atoms with Crippen molar-refractivity contribution < 1.29 is 4.79 Å². The van der Waals surface area contributed by atoms with E-state index in [0.29, 0.717) is 13.0 Å². The average Bonchev–Trinajstić information content (AvgIpc) is 2.19. The second-order valence-electron chi connectivity index (χ2n) is 2.65. The van der Waals surface area contributed by atoms with Gasteiger partial charge in [0.15, 0.2) is 0 Å². The molecule has 1 aromatic rings. The van der Waals surface area contributed by atoms with E-state index in [9.17, 15) is 4.79 Å². The summed E-state index contributed by atoms with van der Waals surface area (Å²) < 4.78 is 0. The molecule has 1 rings (SSSR count). The Labute approximate surface area is 78.1 Å². The van der Waals surface area contributed by atoms with Crippen molar-refractivity contribution in [2.24, 2.45) is 5.73 Å². The summed E-state index contributed by atoms with van der Waals surface area (Å²) in [6, 6.07) is 7.85. The Morgan fingerprint density at radius 2 is 2.15 bits per heavy atom. The van der Waals surface area contributed by atoms with Gasteiger partial charge in [0, 0.05) is 13.0 Å². The van der Waals surface area contributed by atoms with Gasteiger partial charge in [0.1, 0.15) is 0 Å². The third kappa shape index (κ3) is 2.84. The van der Waals surface area contributed by atoms with E-state index in [0.717, 1.165) is 11.1 Å². The van der Waals surface area contributed by atoms with Crippen LogP contribution in [0.4, 0.5) is 0 Å². The van der Waals surface area contributed by atoms with Crippen molar-refractivity contribution >= 4 is 12.4 Å². The SMILES string of the molecule is NCc1ccccc1/C=C/C[C]=O. The molecular formula is C11H12NO. The second-order valence-corrected chi connectivity index (χ2v) is 2.65. The summed E-state index contributed by atoms with van der Waals surface area (Å²) >= 11 is 0. The Bertz CT molecular complexity index is 305. The molecule has 0 aromatic heterocycles. The minimum Gasteiger partial charge on any atom is -0.326 e. The zero-order chi connectivity index (χ0) is 9.52. The van der Waals surface area contributed by atoms with Crippen LogP contribution in [-0.4, -0.2) is 6.29 Å². The first-order valence-electron chi connectivity index (χ1n) is 4.18. The van der Waals surface area contributed by atoms with Crippen LogP contribution in [0.3, 0.4) is 0 Å². The van der Waals surface area contributed by atoms with Gasteiger partial charge >= 0.3 is 0 Å². The van der Waals surface area contributed by atoms with E-state index in [1.165, 1.54) is 0 Å². The first-order chi connectivity index (χ1) is 6.38. The van der Waals surface area contributed by atoms with Crippen LogP contribution in [0.25, 0.3) is 6.08 Å². The van der Waals surface area contributed by atoms with E-state index in [1.54, 1.807) is 6.08 Å². The number of hydrogen-bond donors (Lipinski definition) is 1. The van der Waals surface area contributed by atoms with Crippen molar-refractivity contribution in [3.63, 3.8) is 0 Å². The summed E-state index contributed by atoms with van der Waals surface area (Å²) in [6.07, 6.45) is 5.81. The van der Waals surface area contributed by atoms with E-state index in [4.69, 9.17) is 5.73 Å². The summed E-state index contributed by atoms with van der Waals surface area (Å²) in [5.74, 6) is 0. The minimum atomic E-state index is 0.332. The summed E-state index contributed by atoms with van der Waals surface area (Å²) in [5, 5.41) is 0. The lowest BCUT2D eigenvalue weighted by Crippen LogP contribution is -1.98. The van der Waals surface area contributed by atoms with Crippen LogP contribution in [0.15, 0.2) is 30.3 Å². The lowest BCUT2D eigenvalue weighted by atomic mass is 10.1. The molecule has 0 aliphatic rings. The molecule has 0 unspecified atom stereocenters. The van der Waals surface area contributed by atoms with Crippen LogP contribution in [0, 0.1) is 0 Å². The van der Waals surface area contributed by atoms with Crippen molar-refractivity contribution in [2.45, 2.75) is 13.0 Å². The van der Waals surface area contributed by atoms with Gasteiger partial charge in [0.2, 0.25) is 6.29 Å². The van der Waals surface area contributed by atoms with Crippen LogP contribution in [-0.2, 0) is 11.3 Å². The number of allylic oxidation sites excluding steroid dienone is 1. The van der Waals surface area contributed by atoms with Crippen molar-refractivity contribution in [2.75, 3.05) is 0 Å². The number of benzene rings is 1. The molecule has 0 saturated heterocycles. The quantitative estimate of drug-likeness (QED) is 0.754. The predicted octanol–water partition coefficient (Wildman–Crippen LogP) is 1.66. The van der Waals surface area contributed by atoms with Gasteiger partial charge in [-0.2, -0.15) is 0 Å². The van der Waals surface area contributed by atoms with Crippen LogP contribution in [0.2, 0.25) is 0 Å². The van der Waals surface area contributed by atoms with Crippen molar-refractivity contribution in [1.82, 2.24) is 0 Å². The molecule has 0 heterocycles. The van der Waals surface area contributed by atoms with Gasteiger partial charge in [-0.1, -0.05) is 36.4 Å². The van der Waals surface area contributed by atoms with E-state index < -0.39 is 0 Å². The first kappa shape index (κ1) is 9.68. The fraction of sp³-hybridized carbons (Fsp3) is 0.182. The molecule has 13 heavy (non-hydrogen) atoms. The highest BCUT2D eigenvalue weighted by molar-refractivity contribution is 5.60. The first-order valence-corrected chi connectivity index (χ1v) is 4.18. The molecule has 0 aliphatic heterocycles. The third-order valence-electron chi connectivity index (χ3n) is 1.77. The third-order valence-corrected chi connectivity index (χ3v) is 1.77. The number of carbonyl (C=O) groups excluding carboxylic acids is 1. The fourth-order valence-corrected chi connectivity index (χ4v) is 1.12. The standard InChI is InChI=1S/C11H12NO/c12-9-11-7-2-1-5-10(11)6-3-4-8-13/h1-3,5-7H,4,9,12H2/b6-3+. The molecule has 0 atom stereocenters. The average molecular weight is 174 g/mol. The van der Waals surface area contributed by atoms with Crippen LogP contribution < -0.4 is 5.73 Å². The highest BCUT2D eigenvalue weighted by atomic mass is 16.1. The molecule has 2 N–H and O–H groups in total. The zero-order valence-corrected chi connectivity index (χ0v) is 7.36. The monoisotopic (exact) mass is 174 g/mol. The Morgan fingerprint density at radius 3 is 2.85 bits per heavy atom. The van der Waals surface area contributed by atoms with Crippen LogP contribution in [0.5, 0.6) is 0 Å². The van der Waals surface area contributed by atoms with Gasteiger partial charge in [-0.05, 0) is 11.1 Å². The second kappa shape index (κ2) is 5.27. The summed E-state index contributed by atoms with van der Waals surface area (Å²) in [4.78, 5) is 9.95. The Hall–Kier alpha value is -1.41. The maximum absolute atomic E-state index is 9.95. The van der Waals surface area contributed by atoms with E-state index in [2.05, 4.69) is 0 Å². The topological polar surface area (TPSA) is 43.1 Å². The van der Waals surface area contributed by atoms with Crippen LogP contribution in [0.1, 0.15) is 17.5 Å². The largest absolute Gasteiger partial charge is 0.326 e. The molecule has 0 spiro atoms. The van der Waals surface area contributed by atoms with Gasteiger partial charge in [-0.15, -0.1) is 0 Å². The molecule has 0 fully saturated rings. The maximum atomic E-state index is 9.95. The molecular weight excluding hydrogens is 162 g/mol. The minimum absolute atomic E-state index is 0.332.